The Morgan fingerprint density at radius 3 is 2.60 bits per heavy atom. The van der Waals surface area contributed by atoms with E-state index in [1.54, 1.807) is 23.5 Å². The summed E-state index contributed by atoms with van der Waals surface area (Å²) in [6.07, 6.45) is -2.73. The molecule has 2 aromatic rings. The smallest absolute Gasteiger partial charge is 0.396 e. The Hall–Kier alpha value is -2.08. The largest absolute Gasteiger partial charge is 0.417 e. The summed E-state index contributed by atoms with van der Waals surface area (Å²) >= 11 is 1.69. The van der Waals surface area contributed by atoms with Gasteiger partial charge in [-0.25, -0.2) is 0 Å². The number of nitriles is 1. The number of likely N-dealkylation sites (tertiary alicyclic amines) is 1. The molecule has 1 aromatic carbocycles. The molecule has 2 aliphatic heterocycles. The van der Waals surface area contributed by atoms with E-state index in [1.807, 2.05) is 4.90 Å². The van der Waals surface area contributed by atoms with Crippen molar-refractivity contribution >= 4 is 17.0 Å². The standard InChI is InChI=1S/C22H24F3N3OS/c23-22(24,25)20-9-19(2-1-17(20)10-26)28-12-18(13-29)21(15-28)4-6-27(7-5-21)11-16-3-8-30-14-16/h1-3,8-9,14,18,29H,4-7,11-13,15H2. The lowest BCUT2D eigenvalue weighted by Crippen LogP contribution is -2.44. The SMILES string of the molecule is N#Cc1ccc(N2CC(CO)C3(CCN(Cc4ccsc4)CC3)C2)cc1C(F)(F)F. The maximum absolute atomic E-state index is 13.4. The van der Waals surface area contributed by atoms with E-state index in [-0.39, 0.29) is 23.5 Å². The molecule has 2 fully saturated rings. The van der Waals surface area contributed by atoms with Crippen molar-refractivity contribution < 1.29 is 18.3 Å². The molecule has 1 spiro atoms. The number of halogens is 3. The number of nitrogens with zero attached hydrogens (tertiary/aromatic N) is 3. The third-order valence-electron chi connectivity index (χ3n) is 6.67. The molecule has 0 saturated carbocycles. The van der Waals surface area contributed by atoms with Gasteiger partial charge in [0.15, 0.2) is 0 Å². The first-order valence-corrected chi connectivity index (χ1v) is 11.0. The van der Waals surface area contributed by atoms with Crippen LogP contribution in [0.5, 0.6) is 0 Å². The Morgan fingerprint density at radius 2 is 2.00 bits per heavy atom. The van der Waals surface area contributed by atoms with Crippen LogP contribution in [0.1, 0.15) is 29.5 Å². The molecule has 1 aromatic heterocycles. The predicted molar refractivity (Wildman–Crippen MR) is 110 cm³/mol. The Bertz CT molecular complexity index is 915. The van der Waals surface area contributed by atoms with Gasteiger partial charge in [-0.15, -0.1) is 0 Å². The molecular weight excluding hydrogens is 411 g/mol. The van der Waals surface area contributed by atoms with Crippen LogP contribution in [0, 0.1) is 22.7 Å². The van der Waals surface area contributed by atoms with E-state index in [0.717, 1.165) is 38.5 Å². The van der Waals surface area contributed by atoms with E-state index in [1.165, 1.54) is 11.6 Å². The van der Waals surface area contributed by atoms with Gasteiger partial charge in [0.1, 0.15) is 0 Å². The average molecular weight is 436 g/mol. The van der Waals surface area contributed by atoms with Crippen LogP contribution in [0.3, 0.4) is 0 Å². The molecule has 4 nitrogen and oxygen atoms in total. The third kappa shape index (κ3) is 4.07. The Labute approximate surface area is 178 Å². The van der Waals surface area contributed by atoms with Gasteiger partial charge >= 0.3 is 6.18 Å². The molecule has 8 heteroatoms. The average Bonchev–Trinajstić information content (AvgIpc) is 3.36. The summed E-state index contributed by atoms with van der Waals surface area (Å²) in [5.74, 6) is 0.0331. The highest BCUT2D eigenvalue weighted by Gasteiger charge is 2.48. The van der Waals surface area contributed by atoms with E-state index in [4.69, 9.17) is 5.26 Å². The molecule has 2 saturated heterocycles. The van der Waals surface area contributed by atoms with Crippen molar-refractivity contribution in [3.05, 3.63) is 51.7 Å². The third-order valence-corrected chi connectivity index (χ3v) is 7.40. The van der Waals surface area contributed by atoms with Crippen LogP contribution in [0.4, 0.5) is 18.9 Å². The van der Waals surface area contributed by atoms with Gasteiger partial charge < -0.3 is 10.0 Å². The number of aliphatic hydroxyl groups excluding tert-OH is 1. The number of anilines is 1. The van der Waals surface area contributed by atoms with Crippen molar-refractivity contribution in [2.45, 2.75) is 25.6 Å². The van der Waals surface area contributed by atoms with Crippen LogP contribution in [-0.2, 0) is 12.7 Å². The van der Waals surface area contributed by atoms with Crippen molar-refractivity contribution in [3.63, 3.8) is 0 Å². The van der Waals surface area contributed by atoms with Gasteiger partial charge in [-0.2, -0.15) is 29.8 Å². The fraction of sp³-hybridized carbons (Fsp3) is 0.500. The van der Waals surface area contributed by atoms with Crippen LogP contribution in [-0.4, -0.2) is 42.8 Å². The second-order valence-corrected chi connectivity index (χ2v) is 9.15. The fourth-order valence-corrected chi connectivity index (χ4v) is 5.57. The molecule has 30 heavy (non-hydrogen) atoms. The second kappa shape index (κ2) is 8.22. The lowest BCUT2D eigenvalue weighted by Gasteiger charge is -2.42. The summed E-state index contributed by atoms with van der Waals surface area (Å²) in [5, 5.41) is 23.3. The number of alkyl halides is 3. The van der Waals surface area contributed by atoms with E-state index >= 15 is 0 Å². The predicted octanol–water partition coefficient (Wildman–Crippen LogP) is 4.35. The molecule has 160 valence electrons. The van der Waals surface area contributed by atoms with Crippen molar-refractivity contribution in [3.8, 4) is 6.07 Å². The molecule has 0 radical (unpaired) electrons. The minimum atomic E-state index is -4.57. The van der Waals surface area contributed by atoms with E-state index in [2.05, 4.69) is 21.7 Å². The number of aliphatic hydroxyl groups is 1. The van der Waals surface area contributed by atoms with Crippen molar-refractivity contribution in [1.82, 2.24) is 4.90 Å². The van der Waals surface area contributed by atoms with Crippen molar-refractivity contribution in [2.24, 2.45) is 11.3 Å². The summed E-state index contributed by atoms with van der Waals surface area (Å²) in [6, 6.07) is 7.69. The van der Waals surface area contributed by atoms with Crippen LogP contribution >= 0.6 is 11.3 Å². The number of hydrogen-bond acceptors (Lipinski definition) is 5. The van der Waals surface area contributed by atoms with E-state index in [9.17, 15) is 18.3 Å². The first-order valence-electron chi connectivity index (χ1n) is 10.1. The van der Waals surface area contributed by atoms with Gasteiger partial charge in [-0.1, -0.05) is 0 Å². The number of hydrogen-bond donors (Lipinski definition) is 1. The van der Waals surface area contributed by atoms with E-state index < -0.39 is 11.7 Å². The Morgan fingerprint density at radius 1 is 1.23 bits per heavy atom. The van der Waals surface area contributed by atoms with Gasteiger partial charge in [-0.05, 0) is 71.9 Å². The van der Waals surface area contributed by atoms with E-state index in [0.29, 0.717) is 18.8 Å². The zero-order valence-electron chi connectivity index (χ0n) is 16.5. The molecule has 2 aliphatic rings. The summed E-state index contributed by atoms with van der Waals surface area (Å²) < 4.78 is 40.1. The summed E-state index contributed by atoms with van der Waals surface area (Å²) in [7, 11) is 0. The molecule has 0 aliphatic carbocycles. The monoisotopic (exact) mass is 435 g/mol. The van der Waals surface area contributed by atoms with Crippen LogP contribution in [0.15, 0.2) is 35.0 Å². The Balaban J connectivity index is 1.50. The minimum absolute atomic E-state index is 0.0312. The molecule has 1 atom stereocenters. The summed E-state index contributed by atoms with van der Waals surface area (Å²) in [5.41, 5.74) is 0.430. The zero-order valence-corrected chi connectivity index (χ0v) is 17.3. The fourth-order valence-electron chi connectivity index (χ4n) is 4.91. The quantitative estimate of drug-likeness (QED) is 0.776. The first kappa shape index (κ1) is 21.2. The highest BCUT2D eigenvalue weighted by molar-refractivity contribution is 7.07. The van der Waals surface area contributed by atoms with Crippen LogP contribution in [0.25, 0.3) is 0 Å². The second-order valence-electron chi connectivity index (χ2n) is 8.37. The number of rotatable bonds is 4. The van der Waals surface area contributed by atoms with Gasteiger partial charge in [0.05, 0.1) is 17.2 Å². The van der Waals surface area contributed by atoms with Crippen molar-refractivity contribution in [2.75, 3.05) is 37.7 Å². The van der Waals surface area contributed by atoms with Gasteiger partial charge in [0, 0.05) is 37.8 Å². The molecule has 3 heterocycles. The maximum atomic E-state index is 13.4. The normalized spacial score (nSPS) is 21.8. The van der Waals surface area contributed by atoms with Gasteiger partial charge in [-0.3, -0.25) is 4.90 Å². The zero-order chi connectivity index (χ0) is 21.4. The first-order chi connectivity index (χ1) is 14.3. The molecule has 1 unspecified atom stereocenters. The molecule has 4 rings (SSSR count). The lowest BCUT2D eigenvalue weighted by atomic mass is 9.71. The number of benzene rings is 1. The van der Waals surface area contributed by atoms with Gasteiger partial charge in [0.25, 0.3) is 0 Å². The lowest BCUT2D eigenvalue weighted by molar-refractivity contribution is -0.137. The number of thiophene rings is 1. The summed E-state index contributed by atoms with van der Waals surface area (Å²) in [6.45, 7) is 3.95. The molecular formula is C22H24F3N3OS. The van der Waals surface area contributed by atoms with Crippen molar-refractivity contribution in [1.29, 1.82) is 5.26 Å². The van der Waals surface area contributed by atoms with Crippen LogP contribution in [0.2, 0.25) is 0 Å². The molecule has 0 amide bonds. The molecule has 0 bridgehead atoms. The minimum Gasteiger partial charge on any atom is -0.396 e. The van der Waals surface area contributed by atoms with Crippen LogP contribution < -0.4 is 4.90 Å². The summed E-state index contributed by atoms with van der Waals surface area (Å²) in [4.78, 5) is 4.36. The topological polar surface area (TPSA) is 50.5 Å². The highest BCUT2D eigenvalue weighted by atomic mass is 32.1. The molecule has 1 N–H and O–H groups in total. The van der Waals surface area contributed by atoms with Gasteiger partial charge in [0.2, 0.25) is 0 Å². The Kier molecular flexibility index (Phi) is 5.80. The maximum Gasteiger partial charge on any atom is 0.417 e. The number of piperidine rings is 1. The highest BCUT2D eigenvalue weighted by Crippen LogP contribution is 2.46.